The summed E-state index contributed by atoms with van der Waals surface area (Å²) < 4.78 is 42.9. The summed E-state index contributed by atoms with van der Waals surface area (Å²) in [6.45, 7) is 13.5. The SMILES string of the molecule is CCCC(C)/C(C)=C/C=C\Cc1cccc(N(c2ccc(F)cc2)c2ccc3ccc4c(N(c5ccc(F)cc5)c5cccc6c5oc5c(C(C)(CC)CC)cccc56)ccc5ccc2c3c54)c1OC. The minimum atomic E-state index is -0.307. The second kappa shape index (κ2) is 19.2. The van der Waals surface area contributed by atoms with E-state index in [-0.39, 0.29) is 17.0 Å². The molecule has 0 spiro atoms. The van der Waals surface area contributed by atoms with Gasteiger partial charge in [0, 0.05) is 44.0 Å². The number of ether oxygens (including phenoxy) is 1. The van der Waals surface area contributed by atoms with Crippen LogP contribution in [0.3, 0.4) is 0 Å². The summed E-state index contributed by atoms with van der Waals surface area (Å²) in [5, 5.41) is 8.54. The van der Waals surface area contributed by atoms with E-state index in [0.29, 0.717) is 12.3 Å². The van der Waals surface area contributed by atoms with Crippen LogP contribution in [0.4, 0.5) is 42.9 Å². The van der Waals surface area contributed by atoms with Crippen molar-refractivity contribution in [3.05, 3.63) is 198 Å². The number of halogens is 2. The lowest BCUT2D eigenvalue weighted by molar-refractivity contribution is 0.412. The molecule has 6 heteroatoms. The van der Waals surface area contributed by atoms with Crippen LogP contribution >= 0.6 is 0 Å². The highest BCUT2D eigenvalue weighted by Crippen LogP contribution is 2.51. The number of furan rings is 1. The molecular weight excluding hydrogens is 867 g/mol. The molecule has 4 nitrogen and oxygen atoms in total. The van der Waals surface area contributed by atoms with Crippen molar-refractivity contribution in [1.82, 2.24) is 0 Å². The molecule has 0 aliphatic heterocycles. The smallest absolute Gasteiger partial charge is 0.159 e. The maximum atomic E-state index is 14.8. The number of hydrogen-bond donors (Lipinski definition) is 0. The highest BCUT2D eigenvalue weighted by atomic mass is 19.1. The van der Waals surface area contributed by atoms with Gasteiger partial charge in [-0.05, 0) is 138 Å². The fraction of sp³-hybridized carbons (Fsp3) is 0.219. The Balaban J connectivity index is 1.17. The Labute approximate surface area is 410 Å². The second-order valence-electron chi connectivity index (χ2n) is 19.1. The van der Waals surface area contributed by atoms with Crippen molar-refractivity contribution in [2.75, 3.05) is 16.9 Å². The highest BCUT2D eigenvalue weighted by molar-refractivity contribution is 6.28. The Bertz CT molecular complexity index is 3560. The van der Waals surface area contributed by atoms with E-state index in [9.17, 15) is 8.78 Å². The van der Waals surface area contributed by atoms with E-state index in [1.165, 1.54) is 41.8 Å². The van der Waals surface area contributed by atoms with Crippen LogP contribution in [0.25, 0.3) is 54.3 Å². The number of hydrogen-bond acceptors (Lipinski definition) is 4. The van der Waals surface area contributed by atoms with Gasteiger partial charge in [-0.1, -0.05) is 144 Å². The summed E-state index contributed by atoms with van der Waals surface area (Å²) in [6.07, 6.45) is 11.5. The third-order valence-electron chi connectivity index (χ3n) is 15.1. The largest absolute Gasteiger partial charge is 0.494 e. The maximum absolute atomic E-state index is 14.8. The number of fused-ring (bicyclic) bond motifs is 3. The van der Waals surface area contributed by atoms with Crippen LogP contribution in [-0.4, -0.2) is 7.11 Å². The van der Waals surface area contributed by atoms with Gasteiger partial charge < -0.3 is 19.0 Å². The molecule has 0 aliphatic rings. The quantitative estimate of drug-likeness (QED) is 0.0713. The van der Waals surface area contributed by atoms with Crippen LogP contribution in [0.5, 0.6) is 5.75 Å². The van der Waals surface area contributed by atoms with Gasteiger partial charge in [0.15, 0.2) is 5.58 Å². The normalized spacial score (nSPS) is 12.9. The minimum absolute atomic E-state index is 0.0595. The van der Waals surface area contributed by atoms with Gasteiger partial charge in [-0.2, -0.15) is 0 Å². The van der Waals surface area contributed by atoms with Crippen LogP contribution in [0.15, 0.2) is 180 Å². The molecule has 1 heterocycles. The Morgan fingerprint density at radius 3 is 1.71 bits per heavy atom. The van der Waals surface area contributed by atoms with Crippen LogP contribution in [0.1, 0.15) is 78.4 Å². The average Bonchev–Trinajstić information content (AvgIpc) is 3.78. The van der Waals surface area contributed by atoms with Crippen molar-refractivity contribution >= 4 is 88.4 Å². The first-order valence-electron chi connectivity index (χ1n) is 24.8. The van der Waals surface area contributed by atoms with Crippen molar-refractivity contribution in [2.45, 2.75) is 79.1 Å². The van der Waals surface area contributed by atoms with E-state index in [4.69, 9.17) is 9.15 Å². The molecule has 1 aromatic heterocycles. The van der Waals surface area contributed by atoms with Gasteiger partial charge >= 0.3 is 0 Å². The van der Waals surface area contributed by atoms with E-state index in [0.717, 1.165) is 119 Å². The molecule has 0 saturated heterocycles. The second-order valence-corrected chi connectivity index (χ2v) is 19.1. The van der Waals surface area contributed by atoms with E-state index >= 15 is 0 Å². The predicted octanol–water partition coefficient (Wildman–Crippen LogP) is 19.3. The van der Waals surface area contributed by atoms with E-state index in [2.05, 4.69) is 173 Å². The van der Waals surface area contributed by atoms with Crippen LogP contribution in [-0.2, 0) is 11.8 Å². The zero-order valence-electron chi connectivity index (χ0n) is 41.2. The molecule has 0 N–H and O–H groups in total. The molecule has 0 radical (unpaired) electrons. The lowest BCUT2D eigenvalue weighted by Gasteiger charge is -2.30. The van der Waals surface area contributed by atoms with Gasteiger partial charge in [-0.3, -0.25) is 0 Å². The molecule has 1 atom stereocenters. The van der Waals surface area contributed by atoms with Crippen LogP contribution < -0.4 is 14.5 Å². The lowest BCUT2D eigenvalue weighted by Crippen LogP contribution is -2.19. The zero-order chi connectivity index (χ0) is 48.7. The molecule has 10 rings (SSSR count). The Kier molecular flexibility index (Phi) is 12.7. The van der Waals surface area contributed by atoms with Crippen molar-refractivity contribution < 1.29 is 17.9 Å². The van der Waals surface area contributed by atoms with Crippen molar-refractivity contribution in [1.29, 1.82) is 0 Å². The molecule has 0 fully saturated rings. The molecular formula is C64H60F2N2O2. The van der Waals surface area contributed by atoms with E-state index < -0.39 is 0 Å². The average molecular weight is 927 g/mol. The number of para-hydroxylation sites is 3. The first-order valence-corrected chi connectivity index (χ1v) is 24.8. The van der Waals surface area contributed by atoms with Crippen LogP contribution in [0, 0.1) is 17.6 Å². The number of benzene rings is 9. The standard InChI is InChI=1S/C64H60F2N2O2/c1-8-16-41(4)42(5)17-11-12-18-45-19-13-23-57(61(45)69-7)67(48-33-29-46(65)30-34-48)55-39-27-43-26-38-53-56(40-28-44-25-37-52(55)59(43)60(44)53)68(49-35-31-47(66)32-36-49)58-24-15-21-51-50-20-14-22-54(62(50)70-63(51)58)64(6,9-2)10-3/h11-15,17,19-41H,8-10,16,18H2,1-7H3/b12-11-,42-17+. The number of allylic oxidation sites excluding steroid dienone is 4. The number of rotatable bonds is 16. The highest BCUT2D eigenvalue weighted by Gasteiger charge is 2.29. The molecule has 1 unspecified atom stereocenters. The van der Waals surface area contributed by atoms with Gasteiger partial charge in [-0.15, -0.1) is 0 Å². The van der Waals surface area contributed by atoms with Crippen LogP contribution in [0.2, 0.25) is 0 Å². The fourth-order valence-corrected chi connectivity index (χ4v) is 10.6. The van der Waals surface area contributed by atoms with Gasteiger partial charge in [0.2, 0.25) is 0 Å². The molecule has 9 aromatic carbocycles. The molecule has 352 valence electrons. The van der Waals surface area contributed by atoms with Gasteiger partial charge in [0.05, 0.1) is 29.9 Å². The molecule has 0 bridgehead atoms. The van der Waals surface area contributed by atoms with E-state index in [1.807, 2.05) is 24.3 Å². The Morgan fingerprint density at radius 1 is 0.614 bits per heavy atom. The van der Waals surface area contributed by atoms with Gasteiger partial charge in [0.25, 0.3) is 0 Å². The third kappa shape index (κ3) is 8.13. The molecule has 70 heavy (non-hydrogen) atoms. The fourth-order valence-electron chi connectivity index (χ4n) is 10.6. The molecule has 10 aromatic rings. The molecule has 0 amide bonds. The topological polar surface area (TPSA) is 28.9 Å². The Morgan fingerprint density at radius 2 is 1.14 bits per heavy atom. The predicted molar refractivity (Wildman–Crippen MR) is 292 cm³/mol. The number of anilines is 6. The Hall–Kier alpha value is -7.44. The zero-order valence-corrected chi connectivity index (χ0v) is 41.2. The van der Waals surface area contributed by atoms with Crippen molar-refractivity contribution in [3.8, 4) is 5.75 Å². The molecule has 0 aliphatic carbocycles. The summed E-state index contributed by atoms with van der Waals surface area (Å²) in [5.41, 5.74) is 10.4. The summed E-state index contributed by atoms with van der Waals surface area (Å²) >= 11 is 0. The van der Waals surface area contributed by atoms with Gasteiger partial charge in [-0.25, -0.2) is 8.78 Å². The first-order chi connectivity index (χ1) is 34.1. The van der Waals surface area contributed by atoms with Crippen molar-refractivity contribution in [3.63, 3.8) is 0 Å². The summed E-state index contributed by atoms with van der Waals surface area (Å²) in [5.74, 6) is 0.677. The summed E-state index contributed by atoms with van der Waals surface area (Å²) in [6, 6.07) is 50.0. The maximum Gasteiger partial charge on any atom is 0.159 e. The molecule has 0 saturated carbocycles. The van der Waals surface area contributed by atoms with Crippen molar-refractivity contribution in [2.24, 2.45) is 5.92 Å². The summed E-state index contributed by atoms with van der Waals surface area (Å²) in [4.78, 5) is 4.41. The monoisotopic (exact) mass is 926 g/mol. The lowest BCUT2D eigenvalue weighted by atomic mass is 9.77. The first kappa shape index (κ1) is 46.3. The minimum Gasteiger partial charge on any atom is -0.494 e. The number of nitrogens with zero attached hydrogens (tertiary/aromatic N) is 2. The number of methoxy groups -OCH3 is 1. The van der Waals surface area contributed by atoms with E-state index in [1.54, 1.807) is 7.11 Å². The summed E-state index contributed by atoms with van der Waals surface area (Å²) in [7, 11) is 1.72. The third-order valence-corrected chi connectivity index (χ3v) is 15.1. The van der Waals surface area contributed by atoms with Gasteiger partial charge in [0.1, 0.15) is 23.0 Å².